The summed E-state index contributed by atoms with van der Waals surface area (Å²) >= 11 is 0. The number of carbonyl (C=O) groups excluding carboxylic acids is 1. The van der Waals surface area contributed by atoms with Crippen LogP contribution in [0.5, 0.6) is 0 Å². The molecule has 0 fully saturated rings. The van der Waals surface area contributed by atoms with E-state index in [0.29, 0.717) is 6.42 Å². The second-order valence-electron chi connectivity index (χ2n) is 3.38. The lowest BCUT2D eigenvalue weighted by Gasteiger charge is -1.97. The second kappa shape index (κ2) is 10.2. The molecule has 1 aromatic rings. The molecule has 0 unspecified atom stereocenters. The van der Waals surface area contributed by atoms with Crippen molar-refractivity contribution in [1.82, 2.24) is 0 Å². The molecule has 0 bridgehead atoms. The number of nitrogens with two attached hydrogens (primary N) is 1. The molecule has 0 amide bonds. The minimum Gasteiger partial charge on any atom is -0.469 e. The summed E-state index contributed by atoms with van der Waals surface area (Å²) in [6.45, 7) is 2.98. The zero-order valence-electron chi connectivity index (χ0n) is 10.1. The Bertz CT molecular complexity index is 271. The van der Waals surface area contributed by atoms with Gasteiger partial charge in [-0.25, -0.2) is 0 Å². The third-order valence-corrected chi connectivity index (χ3v) is 1.98. The van der Waals surface area contributed by atoms with Crippen molar-refractivity contribution in [3.63, 3.8) is 0 Å². The highest BCUT2D eigenvalue weighted by Gasteiger charge is 1.99. The molecule has 0 saturated carbocycles. The van der Waals surface area contributed by atoms with Crippen LogP contribution in [0.1, 0.15) is 25.3 Å². The van der Waals surface area contributed by atoms with E-state index in [4.69, 9.17) is 5.73 Å². The van der Waals surface area contributed by atoms with Crippen LogP contribution in [-0.4, -0.2) is 19.6 Å². The van der Waals surface area contributed by atoms with Gasteiger partial charge in [0.05, 0.1) is 13.5 Å². The van der Waals surface area contributed by atoms with E-state index in [1.807, 2.05) is 30.3 Å². The molecule has 16 heavy (non-hydrogen) atoms. The maximum atomic E-state index is 10.8. The van der Waals surface area contributed by atoms with Gasteiger partial charge in [0, 0.05) is 0 Å². The number of unbranched alkanes of at least 4 members (excludes halogenated alkanes) is 1. The van der Waals surface area contributed by atoms with Crippen molar-refractivity contribution < 1.29 is 9.53 Å². The van der Waals surface area contributed by atoms with Crippen LogP contribution in [-0.2, 0) is 16.0 Å². The fourth-order valence-electron chi connectivity index (χ4n) is 1.04. The Hall–Kier alpha value is -1.35. The highest BCUT2D eigenvalue weighted by Crippen LogP contribution is 1.99. The minimum absolute atomic E-state index is 0.198. The fraction of sp³-hybridized carbons (Fsp3) is 0.462. The minimum atomic E-state index is -0.198. The number of carbonyl (C=O) groups is 1. The van der Waals surface area contributed by atoms with Gasteiger partial charge in [0.2, 0.25) is 0 Å². The summed E-state index contributed by atoms with van der Waals surface area (Å²) in [6.07, 6.45) is 2.74. The summed E-state index contributed by atoms with van der Waals surface area (Å²) in [5, 5.41) is 0. The van der Waals surface area contributed by atoms with Crippen LogP contribution in [0.25, 0.3) is 0 Å². The molecule has 0 atom stereocenters. The molecule has 0 spiro atoms. The molecule has 3 nitrogen and oxygen atoms in total. The van der Waals surface area contributed by atoms with Crippen molar-refractivity contribution in [2.24, 2.45) is 5.73 Å². The van der Waals surface area contributed by atoms with Crippen LogP contribution >= 0.6 is 0 Å². The molecule has 1 rings (SSSR count). The zero-order chi connectivity index (χ0) is 12.2. The molecule has 90 valence electrons. The van der Waals surface area contributed by atoms with Crippen LogP contribution in [0.15, 0.2) is 30.3 Å². The smallest absolute Gasteiger partial charge is 0.309 e. The van der Waals surface area contributed by atoms with Gasteiger partial charge in [0.1, 0.15) is 0 Å². The van der Waals surface area contributed by atoms with E-state index in [1.165, 1.54) is 20.0 Å². The van der Waals surface area contributed by atoms with Crippen molar-refractivity contribution in [2.45, 2.75) is 26.2 Å². The topological polar surface area (TPSA) is 52.3 Å². The van der Waals surface area contributed by atoms with Crippen molar-refractivity contribution in [3.8, 4) is 0 Å². The first kappa shape index (κ1) is 14.6. The van der Waals surface area contributed by atoms with Gasteiger partial charge in [-0.1, -0.05) is 43.7 Å². The van der Waals surface area contributed by atoms with Gasteiger partial charge in [0.15, 0.2) is 0 Å². The summed E-state index contributed by atoms with van der Waals surface area (Å²) in [4.78, 5) is 10.8. The number of esters is 1. The van der Waals surface area contributed by atoms with Gasteiger partial charge in [-0.2, -0.15) is 0 Å². The summed E-state index contributed by atoms with van der Waals surface area (Å²) in [5.41, 5.74) is 6.12. The van der Waals surface area contributed by atoms with Gasteiger partial charge in [0.25, 0.3) is 0 Å². The molecule has 0 aliphatic carbocycles. The largest absolute Gasteiger partial charge is 0.469 e. The number of hydrogen-bond donors (Lipinski definition) is 1. The number of hydrogen-bond acceptors (Lipinski definition) is 3. The van der Waals surface area contributed by atoms with Crippen LogP contribution in [0.3, 0.4) is 0 Å². The Morgan fingerprint density at radius 3 is 2.31 bits per heavy atom. The molecule has 0 aromatic heterocycles. The molecule has 2 N–H and O–H groups in total. The Balaban J connectivity index is 0.000000385. The molecule has 1 aromatic carbocycles. The van der Waals surface area contributed by atoms with Gasteiger partial charge >= 0.3 is 5.97 Å². The van der Waals surface area contributed by atoms with Gasteiger partial charge in [-0.3, -0.25) is 4.79 Å². The van der Waals surface area contributed by atoms with E-state index < -0.39 is 0 Å². The number of ether oxygens (including phenoxy) is 1. The van der Waals surface area contributed by atoms with E-state index in [-0.39, 0.29) is 5.97 Å². The maximum absolute atomic E-state index is 10.8. The Kier molecular flexibility index (Phi) is 9.32. The van der Waals surface area contributed by atoms with E-state index in [0.717, 1.165) is 12.1 Å². The normalized spacial score (nSPS) is 8.94. The third-order valence-electron chi connectivity index (χ3n) is 1.98. The van der Waals surface area contributed by atoms with Crippen molar-refractivity contribution in [3.05, 3.63) is 35.9 Å². The first-order valence-corrected chi connectivity index (χ1v) is 5.55. The first-order valence-electron chi connectivity index (χ1n) is 5.55. The van der Waals surface area contributed by atoms with Gasteiger partial charge in [-0.15, -0.1) is 0 Å². The van der Waals surface area contributed by atoms with Crippen LogP contribution in [0, 0.1) is 0 Å². The van der Waals surface area contributed by atoms with E-state index >= 15 is 0 Å². The predicted molar refractivity (Wildman–Crippen MR) is 66.1 cm³/mol. The van der Waals surface area contributed by atoms with Gasteiger partial charge in [-0.05, 0) is 18.5 Å². The predicted octanol–water partition coefficient (Wildman–Crippen LogP) is 2.15. The van der Waals surface area contributed by atoms with Crippen LogP contribution in [0.2, 0.25) is 0 Å². The Morgan fingerprint density at radius 2 is 1.94 bits per heavy atom. The Morgan fingerprint density at radius 1 is 1.31 bits per heavy atom. The highest BCUT2D eigenvalue weighted by atomic mass is 16.5. The van der Waals surface area contributed by atoms with E-state index in [2.05, 4.69) is 11.7 Å². The number of methoxy groups -OCH3 is 1. The maximum Gasteiger partial charge on any atom is 0.309 e. The lowest BCUT2D eigenvalue weighted by atomic mass is 10.2. The lowest BCUT2D eigenvalue weighted by Crippen LogP contribution is -2.03. The molecule has 0 heterocycles. The van der Waals surface area contributed by atoms with Crippen molar-refractivity contribution in [1.29, 1.82) is 0 Å². The third kappa shape index (κ3) is 8.00. The van der Waals surface area contributed by atoms with E-state index in [9.17, 15) is 4.79 Å². The summed E-state index contributed by atoms with van der Waals surface area (Å²) in [7, 11) is 1.39. The highest BCUT2D eigenvalue weighted by molar-refractivity contribution is 5.72. The van der Waals surface area contributed by atoms with Gasteiger partial charge < -0.3 is 10.5 Å². The Labute approximate surface area is 97.6 Å². The van der Waals surface area contributed by atoms with Crippen LogP contribution < -0.4 is 5.73 Å². The molecule has 3 heteroatoms. The monoisotopic (exact) mass is 223 g/mol. The lowest BCUT2D eigenvalue weighted by molar-refractivity contribution is -0.139. The summed E-state index contributed by atoms with van der Waals surface area (Å²) in [5.74, 6) is -0.198. The average Bonchev–Trinajstić information content (AvgIpc) is 2.32. The second-order valence-corrected chi connectivity index (χ2v) is 3.38. The summed E-state index contributed by atoms with van der Waals surface area (Å²) < 4.78 is 4.52. The van der Waals surface area contributed by atoms with E-state index in [1.54, 1.807) is 0 Å². The van der Waals surface area contributed by atoms with Crippen molar-refractivity contribution in [2.75, 3.05) is 13.7 Å². The van der Waals surface area contributed by atoms with Crippen molar-refractivity contribution >= 4 is 5.97 Å². The quantitative estimate of drug-likeness (QED) is 0.796. The fourth-order valence-corrected chi connectivity index (χ4v) is 1.04. The molecular weight excluding hydrogens is 202 g/mol. The first-order chi connectivity index (χ1) is 7.74. The standard InChI is InChI=1S/C9H10O2.C4H11N/c1-11-9(10)7-8-5-3-2-4-6-8;1-2-3-4-5/h2-6H,7H2,1H3;2-5H2,1H3. The number of rotatable bonds is 4. The summed E-state index contributed by atoms with van der Waals surface area (Å²) in [6, 6.07) is 9.52. The zero-order valence-corrected chi connectivity index (χ0v) is 10.1. The molecular formula is C13H21NO2. The van der Waals surface area contributed by atoms with Crippen LogP contribution in [0.4, 0.5) is 0 Å². The molecule has 0 radical (unpaired) electrons. The SMILES string of the molecule is CCCCN.COC(=O)Cc1ccccc1. The average molecular weight is 223 g/mol. The number of benzene rings is 1. The molecule has 0 saturated heterocycles. The molecule has 0 aliphatic rings. The molecule has 0 aliphatic heterocycles.